The molecule has 5 nitrogen and oxygen atoms in total. The van der Waals surface area contributed by atoms with Gasteiger partial charge in [-0.1, -0.05) is 5.16 Å². The van der Waals surface area contributed by atoms with Crippen LogP contribution in [0.1, 0.15) is 9.87 Å². The molecule has 0 bridgehead atoms. The van der Waals surface area contributed by atoms with Crippen molar-refractivity contribution in [2.24, 2.45) is 5.16 Å². The first-order valence-electron chi connectivity index (χ1n) is 4.43. The van der Waals surface area contributed by atoms with Gasteiger partial charge in [0, 0.05) is 0 Å². The van der Waals surface area contributed by atoms with Crippen molar-refractivity contribution in [2.45, 2.75) is 0 Å². The van der Waals surface area contributed by atoms with E-state index in [1.165, 1.54) is 18.4 Å². The van der Waals surface area contributed by atoms with Crippen molar-refractivity contribution in [3.63, 3.8) is 0 Å². The van der Waals surface area contributed by atoms with Crippen molar-refractivity contribution in [3.05, 3.63) is 24.2 Å². The van der Waals surface area contributed by atoms with E-state index >= 15 is 0 Å². The lowest BCUT2D eigenvalue weighted by atomic mass is 10.3. The Morgan fingerprint density at radius 3 is 3.25 bits per heavy atom. The van der Waals surface area contributed by atoms with Gasteiger partial charge in [0.1, 0.15) is 7.04 Å². The minimum atomic E-state index is -2.78. The minimum Gasteiger partial charge on any atom is -0.476 e. The van der Waals surface area contributed by atoms with Crippen LogP contribution in [0.5, 0.6) is 0 Å². The molecule has 64 valence electrons. The molecular weight excluding hydrogens is 162 g/mol. The first-order chi connectivity index (χ1) is 6.90. The molecule has 0 unspecified atom stereocenters. The van der Waals surface area contributed by atoms with Crippen molar-refractivity contribution in [1.82, 2.24) is 0 Å². The standard InChI is InChI=1S/C7H7NO4/c1-11-8-6(7(9)10)5-3-2-4-12-5/h2-4H,1H3,(H,9,10)/b8-6-/i1D3. The average molecular weight is 172 g/mol. The smallest absolute Gasteiger partial charge is 0.361 e. The number of aliphatic carboxylic acids is 1. The second kappa shape index (κ2) is 3.56. The molecular formula is C7H7NO4. The van der Waals surface area contributed by atoms with Crippen molar-refractivity contribution >= 4 is 11.7 Å². The monoisotopic (exact) mass is 172 g/mol. The van der Waals surface area contributed by atoms with E-state index in [2.05, 4.69) is 9.99 Å². The Hall–Kier alpha value is -1.78. The molecule has 0 aromatic carbocycles. The molecule has 1 aromatic rings. The number of hydrogen-bond acceptors (Lipinski definition) is 4. The van der Waals surface area contributed by atoms with Crippen LogP contribution < -0.4 is 0 Å². The molecule has 5 heteroatoms. The summed E-state index contributed by atoms with van der Waals surface area (Å²) >= 11 is 0. The van der Waals surface area contributed by atoms with Gasteiger partial charge < -0.3 is 14.4 Å². The second-order valence-corrected chi connectivity index (χ2v) is 1.81. The van der Waals surface area contributed by atoms with E-state index in [4.69, 9.17) is 13.6 Å². The predicted molar refractivity (Wildman–Crippen MR) is 39.9 cm³/mol. The molecule has 0 spiro atoms. The molecule has 1 aromatic heterocycles. The molecule has 0 atom stereocenters. The summed E-state index contributed by atoms with van der Waals surface area (Å²) < 4.78 is 24.8. The summed E-state index contributed by atoms with van der Waals surface area (Å²) in [5, 5.41) is 11.7. The fourth-order valence-electron chi connectivity index (χ4n) is 0.648. The zero-order valence-corrected chi connectivity index (χ0v) is 5.85. The van der Waals surface area contributed by atoms with E-state index in [1.54, 1.807) is 0 Å². The molecule has 1 heterocycles. The Morgan fingerprint density at radius 2 is 2.75 bits per heavy atom. The Labute approximate surface area is 72.5 Å². The molecule has 0 saturated carbocycles. The van der Waals surface area contributed by atoms with E-state index < -0.39 is 18.7 Å². The van der Waals surface area contributed by atoms with Crippen molar-refractivity contribution in [3.8, 4) is 0 Å². The topological polar surface area (TPSA) is 72.0 Å². The van der Waals surface area contributed by atoms with Crippen molar-refractivity contribution in [1.29, 1.82) is 0 Å². The van der Waals surface area contributed by atoms with Crippen LogP contribution in [0, 0.1) is 0 Å². The highest BCUT2D eigenvalue weighted by molar-refractivity contribution is 6.41. The molecule has 1 rings (SSSR count). The molecule has 0 aliphatic rings. The van der Waals surface area contributed by atoms with Crippen LogP contribution in [0.2, 0.25) is 0 Å². The number of carboxylic acid groups (broad SMARTS) is 1. The molecule has 0 amide bonds. The van der Waals surface area contributed by atoms with Gasteiger partial charge in [-0.25, -0.2) is 4.79 Å². The second-order valence-electron chi connectivity index (χ2n) is 1.81. The van der Waals surface area contributed by atoms with Gasteiger partial charge in [0.2, 0.25) is 5.71 Å². The van der Waals surface area contributed by atoms with Crippen molar-refractivity contribution in [2.75, 3.05) is 7.04 Å². The van der Waals surface area contributed by atoms with Crippen LogP contribution in [0.15, 0.2) is 28.0 Å². The average Bonchev–Trinajstić information content (AvgIpc) is 2.54. The fraction of sp³-hybridized carbons (Fsp3) is 0.143. The highest BCUT2D eigenvalue weighted by Gasteiger charge is 2.15. The molecule has 0 aliphatic heterocycles. The third-order valence-corrected chi connectivity index (χ3v) is 1.09. The van der Waals surface area contributed by atoms with Gasteiger partial charge in [-0.2, -0.15) is 0 Å². The van der Waals surface area contributed by atoms with Gasteiger partial charge in [0.25, 0.3) is 0 Å². The summed E-state index contributed by atoms with van der Waals surface area (Å²) in [6.45, 7) is 0. The number of rotatable bonds is 3. The zero-order valence-electron chi connectivity index (χ0n) is 8.85. The highest BCUT2D eigenvalue weighted by atomic mass is 16.6. The quantitative estimate of drug-likeness (QED) is 0.538. The number of furan rings is 1. The highest BCUT2D eigenvalue weighted by Crippen LogP contribution is 2.02. The van der Waals surface area contributed by atoms with Gasteiger partial charge in [0.05, 0.1) is 10.4 Å². The van der Waals surface area contributed by atoms with Crippen LogP contribution in [-0.4, -0.2) is 23.8 Å². The summed E-state index contributed by atoms with van der Waals surface area (Å²) in [5.41, 5.74) is -0.601. The Morgan fingerprint density at radius 1 is 1.92 bits per heavy atom. The van der Waals surface area contributed by atoms with Crippen LogP contribution in [0.25, 0.3) is 0 Å². The van der Waals surface area contributed by atoms with Crippen LogP contribution in [0.4, 0.5) is 0 Å². The Kier molecular flexibility index (Phi) is 1.48. The van der Waals surface area contributed by atoms with E-state index in [0.29, 0.717) is 0 Å². The Bertz CT molecular complexity index is 368. The van der Waals surface area contributed by atoms with Gasteiger partial charge in [0.15, 0.2) is 5.76 Å². The fourth-order valence-corrected chi connectivity index (χ4v) is 0.648. The van der Waals surface area contributed by atoms with E-state index in [9.17, 15) is 4.79 Å². The van der Waals surface area contributed by atoms with E-state index in [0.717, 1.165) is 0 Å². The summed E-state index contributed by atoms with van der Waals surface area (Å²) in [6.07, 6.45) is 1.24. The molecule has 12 heavy (non-hydrogen) atoms. The number of oxime groups is 1. The van der Waals surface area contributed by atoms with Gasteiger partial charge >= 0.3 is 5.97 Å². The maximum Gasteiger partial charge on any atom is 0.361 e. The van der Waals surface area contributed by atoms with Gasteiger partial charge in [-0.05, 0) is 12.1 Å². The lowest BCUT2D eigenvalue weighted by Crippen LogP contribution is -2.13. The summed E-state index contributed by atoms with van der Waals surface area (Å²) in [4.78, 5) is 14.7. The number of nitrogens with zero attached hydrogens (tertiary/aromatic N) is 1. The lowest BCUT2D eigenvalue weighted by Gasteiger charge is -1.94. The van der Waals surface area contributed by atoms with Crippen LogP contribution in [-0.2, 0) is 9.63 Å². The zero-order chi connectivity index (χ0) is 11.5. The Balaban J connectivity index is 2.90. The molecule has 0 fully saturated rings. The molecule has 0 saturated heterocycles. The van der Waals surface area contributed by atoms with Gasteiger partial charge in [-0.3, -0.25) is 0 Å². The number of carboxylic acids is 1. The first kappa shape index (κ1) is 4.97. The largest absolute Gasteiger partial charge is 0.476 e. The lowest BCUT2D eigenvalue weighted by molar-refractivity contribution is -0.129. The van der Waals surface area contributed by atoms with Crippen LogP contribution >= 0.6 is 0 Å². The minimum absolute atomic E-state index is 0.0771. The third-order valence-electron chi connectivity index (χ3n) is 1.09. The normalized spacial score (nSPS) is 16.0. The van der Waals surface area contributed by atoms with E-state index in [1.807, 2.05) is 0 Å². The SMILES string of the molecule is [2H]C([2H])([2H])O/N=C(\C(=O)O)c1ccco1. The number of hydrogen-bond donors (Lipinski definition) is 1. The van der Waals surface area contributed by atoms with Crippen molar-refractivity contribution < 1.29 is 23.3 Å². The molecule has 0 radical (unpaired) electrons. The maximum absolute atomic E-state index is 10.7. The predicted octanol–water partition coefficient (Wildman–Crippen LogP) is 0.715. The summed E-state index contributed by atoms with van der Waals surface area (Å²) in [6, 6.07) is 2.78. The summed E-state index contributed by atoms with van der Waals surface area (Å²) in [7, 11) is -2.78. The van der Waals surface area contributed by atoms with Crippen LogP contribution in [0.3, 0.4) is 0 Å². The molecule has 0 aliphatic carbocycles. The maximum atomic E-state index is 10.7. The first-order valence-corrected chi connectivity index (χ1v) is 2.93. The van der Waals surface area contributed by atoms with Gasteiger partial charge in [-0.15, -0.1) is 0 Å². The number of carbonyl (C=O) groups is 1. The molecule has 1 N–H and O–H groups in total. The third kappa shape index (κ3) is 1.63. The van der Waals surface area contributed by atoms with E-state index in [-0.39, 0.29) is 5.76 Å². The summed E-state index contributed by atoms with van der Waals surface area (Å²) in [5.74, 6) is -1.51.